The standard InChI is InChI=1S/C32H27BO3/c1-31(2)32(3,4)36-33(35-31)28-17-24(15-23-11-7-8-12-25(23)28)22-13-14-26-27-16-20-9-5-6-10-21(20)18-30(27)34-29(26)19-22/h5-19H,1-4H3. The van der Waals surface area contributed by atoms with Crippen molar-refractivity contribution < 1.29 is 13.7 Å². The molecule has 0 spiro atoms. The average Bonchev–Trinajstić information content (AvgIpc) is 3.33. The Balaban J connectivity index is 1.39. The van der Waals surface area contributed by atoms with Crippen LogP contribution in [0.2, 0.25) is 0 Å². The third-order valence-electron chi connectivity index (χ3n) is 8.07. The van der Waals surface area contributed by atoms with Crippen LogP contribution in [0.4, 0.5) is 0 Å². The number of hydrogen-bond donors (Lipinski definition) is 0. The van der Waals surface area contributed by atoms with Crippen molar-refractivity contribution in [2.75, 3.05) is 0 Å². The zero-order valence-electron chi connectivity index (χ0n) is 21.0. The number of furan rings is 1. The van der Waals surface area contributed by atoms with Gasteiger partial charge in [-0.2, -0.15) is 0 Å². The van der Waals surface area contributed by atoms with Gasteiger partial charge in [-0.25, -0.2) is 0 Å². The van der Waals surface area contributed by atoms with Gasteiger partial charge in [0.15, 0.2) is 0 Å². The second-order valence-electron chi connectivity index (χ2n) is 10.9. The van der Waals surface area contributed by atoms with Crippen LogP contribution < -0.4 is 5.46 Å². The first-order valence-corrected chi connectivity index (χ1v) is 12.5. The highest BCUT2D eigenvalue weighted by Crippen LogP contribution is 2.38. The van der Waals surface area contributed by atoms with Gasteiger partial charge in [-0.15, -0.1) is 0 Å². The molecule has 2 heterocycles. The largest absolute Gasteiger partial charge is 0.495 e. The van der Waals surface area contributed by atoms with E-state index >= 15 is 0 Å². The summed E-state index contributed by atoms with van der Waals surface area (Å²) in [5.74, 6) is 0. The number of hydrogen-bond acceptors (Lipinski definition) is 3. The molecule has 1 aromatic heterocycles. The highest BCUT2D eigenvalue weighted by atomic mass is 16.7. The normalized spacial score (nSPS) is 17.1. The number of rotatable bonds is 2. The summed E-state index contributed by atoms with van der Waals surface area (Å²) in [4.78, 5) is 0. The van der Waals surface area contributed by atoms with Gasteiger partial charge in [0.25, 0.3) is 0 Å². The highest BCUT2D eigenvalue weighted by Gasteiger charge is 2.52. The van der Waals surface area contributed by atoms with Crippen LogP contribution in [0.15, 0.2) is 95.4 Å². The van der Waals surface area contributed by atoms with Crippen LogP contribution >= 0.6 is 0 Å². The lowest BCUT2D eigenvalue weighted by molar-refractivity contribution is 0.00578. The number of fused-ring (bicyclic) bond motifs is 5. The second kappa shape index (κ2) is 7.46. The Labute approximate surface area is 210 Å². The van der Waals surface area contributed by atoms with Gasteiger partial charge in [-0.05, 0) is 96.2 Å². The van der Waals surface area contributed by atoms with Crippen LogP contribution in [-0.2, 0) is 9.31 Å². The molecule has 7 rings (SSSR count). The van der Waals surface area contributed by atoms with Gasteiger partial charge < -0.3 is 13.7 Å². The van der Waals surface area contributed by atoms with E-state index in [0.29, 0.717) is 0 Å². The molecule has 1 fully saturated rings. The Hall–Kier alpha value is -3.60. The maximum absolute atomic E-state index is 6.46. The van der Waals surface area contributed by atoms with Crippen LogP contribution in [0.5, 0.6) is 0 Å². The molecule has 1 aliphatic heterocycles. The van der Waals surface area contributed by atoms with Crippen LogP contribution in [0, 0.1) is 0 Å². The Morgan fingerprint density at radius 1 is 0.528 bits per heavy atom. The van der Waals surface area contributed by atoms with Gasteiger partial charge in [0.2, 0.25) is 0 Å². The monoisotopic (exact) mass is 470 g/mol. The summed E-state index contributed by atoms with van der Waals surface area (Å²) >= 11 is 0. The zero-order valence-corrected chi connectivity index (χ0v) is 21.0. The summed E-state index contributed by atoms with van der Waals surface area (Å²) < 4.78 is 19.3. The summed E-state index contributed by atoms with van der Waals surface area (Å²) in [5.41, 5.74) is 4.29. The molecule has 0 aliphatic carbocycles. The van der Waals surface area contributed by atoms with Crippen molar-refractivity contribution in [1.29, 1.82) is 0 Å². The molecule has 1 saturated heterocycles. The molecule has 4 heteroatoms. The van der Waals surface area contributed by atoms with Crippen molar-refractivity contribution in [3.8, 4) is 11.1 Å². The first kappa shape index (κ1) is 21.7. The van der Waals surface area contributed by atoms with E-state index in [0.717, 1.165) is 49.3 Å². The van der Waals surface area contributed by atoms with Crippen molar-refractivity contribution in [3.05, 3.63) is 91.0 Å². The van der Waals surface area contributed by atoms with Crippen LogP contribution in [0.1, 0.15) is 27.7 Å². The smallest absolute Gasteiger partial charge is 0.456 e. The fraction of sp³-hybridized carbons (Fsp3) is 0.188. The fourth-order valence-corrected chi connectivity index (χ4v) is 5.31. The van der Waals surface area contributed by atoms with E-state index in [2.05, 4.69) is 119 Å². The van der Waals surface area contributed by atoms with Crippen molar-refractivity contribution in [1.82, 2.24) is 0 Å². The summed E-state index contributed by atoms with van der Waals surface area (Å²) in [5, 5.41) is 6.99. The quantitative estimate of drug-likeness (QED) is 0.242. The summed E-state index contributed by atoms with van der Waals surface area (Å²) in [6.07, 6.45) is 0. The van der Waals surface area contributed by atoms with Crippen molar-refractivity contribution in [3.63, 3.8) is 0 Å². The Morgan fingerprint density at radius 2 is 1.17 bits per heavy atom. The van der Waals surface area contributed by atoms with Gasteiger partial charge in [0, 0.05) is 10.8 Å². The molecular weight excluding hydrogens is 443 g/mol. The highest BCUT2D eigenvalue weighted by molar-refractivity contribution is 6.65. The van der Waals surface area contributed by atoms with E-state index in [1.807, 2.05) is 0 Å². The van der Waals surface area contributed by atoms with Gasteiger partial charge in [0.1, 0.15) is 11.2 Å². The van der Waals surface area contributed by atoms with Crippen LogP contribution in [0.25, 0.3) is 54.6 Å². The Morgan fingerprint density at radius 3 is 1.92 bits per heavy atom. The molecule has 0 bridgehead atoms. The van der Waals surface area contributed by atoms with Crippen LogP contribution in [0.3, 0.4) is 0 Å². The first-order chi connectivity index (χ1) is 17.3. The van der Waals surface area contributed by atoms with Crippen LogP contribution in [-0.4, -0.2) is 18.3 Å². The zero-order chi connectivity index (χ0) is 24.7. The molecule has 5 aromatic carbocycles. The minimum absolute atomic E-state index is 0.397. The predicted octanol–water partition coefficient (Wildman–Crippen LogP) is 7.86. The predicted molar refractivity (Wildman–Crippen MR) is 150 cm³/mol. The van der Waals surface area contributed by atoms with Gasteiger partial charge >= 0.3 is 7.12 Å². The fourth-order valence-electron chi connectivity index (χ4n) is 5.31. The molecule has 3 nitrogen and oxygen atoms in total. The molecule has 0 radical (unpaired) electrons. The molecule has 1 aliphatic rings. The van der Waals surface area contributed by atoms with Gasteiger partial charge in [0.05, 0.1) is 11.2 Å². The minimum Gasteiger partial charge on any atom is -0.456 e. The minimum atomic E-state index is -0.429. The van der Waals surface area contributed by atoms with E-state index in [4.69, 9.17) is 13.7 Å². The van der Waals surface area contributed by atoms with Crippen molar-refractivity contribution in [2.45, 2.75) is 38.9 Å². The third-order valence-corrected chi connectivity index (χ3v) is 8.07. The Kier molecular flexibility index (Phi) is 4.49. The van der Waals surface area contributed by atoms with E-state index in [9.17, 15) is 0 Å². The molecule has 0 amide bonds. The molecule has 0 atom stereocenters. The molecule has 0 unspecified atom stereocenters. The SMILES string of the molecule is CC1(C)OB(c2cc(-c3ccc4c(c3)oc3cc5ccccc5cc34)cc3ccccc23)OC1(C)C. The molecular formula is C32H27BO3. The Bertz CT molecular complexity index is 1800. The summed E-state index contributed by atoms with van der Waals surface area (Å²) in [7, 11) is -0.429. The number of benzene rings is 5. The summed E-state index contributed by atoms with van der Waals surface area (Å²) in [6.45, 7) is 8.38. The topological polar surface area (TPSA) is 31.6 Å². The molecule has 176 valence electrons. The van der Waals surface area contributed by atoms with E-state index in [1.165, 1.54) is 10.8 Å². The van der Waals surface area contributed by atoms with Crippen molar-refractivity contribution in [2.24, 2.45) is 0 Å². The molecule has 6 aromatic rings. The lowest BCUT2D eigenvalue weighted by Crippen LogP contribution is -2.41. The molecule has 0 N–H and O–H groups in total. The van der Waals surface area contributed by atoms with E-state index in [-0.39, 0.29) is 0 Å². The maximum atomic E-state index is 6.46. The third kappa shape index (κ3) is 3.22. The lowest BCUT2D eigenvalue weighted by Gasteiger charge is -2.32. The van der Waals surface area contributed by atoms with Gasteiger partial charge in [-0.3, -0.25) is 0 Å². The maximum Gasteiger partial charge on any atom is 0.495 e. The lowest BCUT2D eigenvalue weighted by atomic mass is 9.74. The molecule has 0 saturated carbocycles. The van der Waals surface area contributed by atoms with Crippen molar-refractivity contribution >= 4 is 56.1 Å². The van der Waals surface area contributed by atoms with E-state index < -0.39 is 18.3 Å². The van der Waals surface area contributed by atoms with E-state index in [1.54, 1.807) is 0 Å². The second-order valence-corrected chi connectivity index (χ2v) is 10.9. The molecule has 36 heavy (non-hydrogen) atoms. The van der Waals surface area contributed by atoms with Gasteiger partial charge in [-0.1, -0.05) is 60.7 Å². The first-order valence-electron chi connectivity index (χ1n) is 12.5. The average molecular weight is 470 g/mol. The summed E-state index contributed by atoms with van der Waals surface area (Å²) in [6, 6.07) is 32.2.